The van der Waals surface area contributed by atoms with Crippen LogP contribution in [0.2, 0.25) is 0 Å². The van der Waals surface area contributed by atoms with Gasteiger partial charge >= 0.3 is 0 Å². The first-order valence-corrected chi connectivity index (χ1v) is 3.25. The largest absolute Gasteiger partial charge is 0.241 e. The van der Waals surface area contributed by atoms with Gasteiger partial charge in [-0.25, -0.2) is 4.39 Å². The third kappa shape index (κ3) is 1.55. The van der Waals surface area contributed by atoms with Crippen LogP contribution in [0.1, 0.15) is 13.3 Å². The Kier molecular flexibility index (Phi) is 1.91. The summed E-state index contributed by atoms with van der Waals surface area (Å²) in [4.78, 5) is 0. The lowest BCUT2D eigenvalue weighted by Gasteiger charge is -2.10. The van der Waals surface area contributed by atoms with Gasteiger partial charge in [0.2, 0.25) is 0 Å². The maximum Gasteiger partial charge on any atom is 0.139 e. The van der Waals surface area contributed by atoms with E-state index in [9.17, 15) is 4.39 Å². The van der Waals surface area contributed by atoms with Crippen molar-refractivity contribution < 1.29 is 4.39 Å². The van der Waals surface area contributed by atoms with Gasteiger partial charge in [-0.2, -0.15) is 0 Å². The van der Waals surface area contributed by atoms with Crippen LogP contribution in [-0.2, 0) is 0 Å². The molecule has 0 spiro atoms. The van der Waals surface area contributed by atoms with Gasteiger partial charge in [0.25, 0.3) is 0 Å². The number of rotatable bonds is 0. The molecule has 0 amide bonds. The Labute approximate surface area is 59.0 Å². The molecule has 9 heavy (non-hydrogen) atoms. The van der Waals surface area contributed by atoms with Gasteiger partial charge in [-0.15, -0.1) is 0 Å². The van der Waals surface area contributed by atoms with Gasteiger partial charge < -0.3 is 0 Å². The van der Waals surface area contributed by atoms with E-state index in [2.05, 4.69) is 0 Å². The second-order valence-corrected chi connectivity index (χ2v) is 2.67. The van der Waals surface area contributed by atoms with Crippen LogP contribution in [-0.4, -0.2) is 6.17 Å². The van der Waals surface area contributed by atoms with Gasteiger partial charge in [0.15, 0.2) is 0 Å². The van der Waals surface area contributed by atoms with E-state index in [1.54, 1.807) is 6.08 Å². The minimum Gasteiger partial charge on any atom is -0.241 e. The molecule has 0 radical (unpaired) electrons. The Balaban J connectivity index is 2.74. The first kappa shape index (κ1) is 6.81. The van der Waals surface area contributed by atoms with Crippen molar-refractivity contribution in [2.75, 3.05) is 0 Å². The van der Waals surface area contributed by atoms with Crippen LogP contribution in [0.5, 0.6) is 0 Å². The maximum absolute atomic E-state index is 12.6. The minimum absolute atomic E-state index is 0.320. The van der Waals surface area contributed by atoms with E-state index >= 15 is 0 Å². The Bertz CT molecular complexity index is 170. The van der Waals surface area contributed by atoms with Gasteiger partial charge in [0.1, 0.15) is 6.17 Å². The zero-order chi connectivity index (χ0) is 6.85. The number of hydrogen-bond acceptors (Lipinski definition) is 0. The first-order valence-electron chi connectivity index (χ1n) is 2.87. The van der Waals surface area contributed by atoms with E-state index < -0.39 is 6.17 Å². The lowest BCUT2D eigenvalue weighted by molar-refractivity contribution is 0.388. The molecular weight excluding hydrogens is 139 g/mol. The molecule has 0 aromatic carbocycles. The third-order valence-corrected chi connectivity index (χ3v) is 1.69. The fourth-order valence-electron chi connectivity index (χ4n) is 0.775. The van der Waals surface area contributed by atoms with Crippen LogP contribution < -0.4 is 0 Å². The number of alkyl halides is 1. The molecule has 2 heteroatoms. The molecule has 0 aromatic rings. The van der Waals surface area contributed by atoms with Gasteiger partial charge in [-0.1, -0.05) is 23.3 Å². The maximum atomic E-state index is 12.6. The molecule has 0 bridgehead atoms. The highest BCUT2D eigenvalue weighted by molar-refractivity contribution is 6.30. The number of halogens is 2. The van der Waals surface area contributed by atoms with E-state index in [1.165, 1.54) is 0 Å². The standard InChI is InChI=1S/C7H8ClF/c1-5-2-3-6(8)7(9)4-5/h2-3,7H,4H2,1H3. The summed E-state index contributed by atoms with van der Waals surface area (Å²) in [7, 11) is 0. The zero-order valence-corrected chi connectivity index (χ0v) is 5.95. The Morgan fingerprint density at radius 2 is 2.33 bits per heavy atom. The highest BCUT2D eigenvalue weighted by Gasteiger charge is 2.13. The summed E-state index contributed by atoms with van der Waals surface area (Å²) in [6.07, 6.45) is 2.95. The molecule has 1 aliphatic rings. The molecule has 1 rings (SSSR count). The SMILES string of the molecule is CC1=CC=C(Cl)C(F)C1. The summed E-state index contributed by atoms with van der Waals surface area (Å²) in [5.41, 5.74) is 1.05. The van der Waals surface area contributed by atoms with E-state index in [0.29, 0.717) is 11.5 Å². The molecule has 50 valence electrons. The minimum atomic E-state index is -0.961. The van der Waals surface area contributed by atoms with Crippen LogP contribution >= 0.6 is 11.6 Å². The lowest BCUT2D eigenvalue weighted by atomic mass is 10.1. The first-order chi connectivity index (χ1) is 4.20. The molecule has 0 N–H and O–H groups in total. The van der Waals surface area contributed by atoms with Gasteiger partial charge in [-0.3, -0.25) is 0 Å². The predicted octanol–water partition coefficient (Wildman–Crippen LogP) is 2.80. The van der Waals surface area contributed by atoms with E-state index in [1.807, 2.05) is 13.0 Å². The molecule has 0 saturated carbocycles. The highest BCUT2D eigenvalue weighted by Crippen LogP contribution is 2.23. The Hall–Kier alpha value is -0.300. The fraction of sp³-hybridized carbons (Fsp3) is 0.429. The Morgan fingerprint density at radius 3 is 2.78 bits per heavy atom. The third-order valence-electron chi connectivity index (χ3n) is 1.33. The topological polar surface area (TPSA) is 0 Å². The van der Waals surface area contributed by atoms with Crippen molar-refractivity contribution in [2.45, 2.75) is 19.5 Å². The molecule has 1 aliphatic carbocycles. The zero-order valence-electron chi connectivity index (χ0n) is 5.20. The Morgan fingerprint density at radius 1 is 1.67 bits per heavy atom. The van der Waals surface area contributed by atoms with Crippen LogP contribution in [0.25, 0.3) is 0 Å². The molecular formula is C7H8ClF. The van der Waals surface area contributed by atoms with Crippen molar-refractivity contribution in [1.29, 1.82) is 0 Å². The second-order valence-electron chi connectivity index (χ2n) is 2.24. The van der Waals surface area contributed by atoms with Crippen LogP contribution in [0.15, 0.2) is 22.8 Å². The van der Waals surface area contributed by atoms with Gasteiger partial charge in [0, 0.05) is 6.42 Å². The van der Waals surface area contributed by atoms with Crippen LogP contribution in [0, 0.1) is 0 Å². The lowest BCUT2D eigenvalue weighted by Crippen LogP contribution is -2.03. The molecule has 0 saturated heterocycles. The summed E-state index contributed by atoms with van der Waals surface area (Å²) in [6.45, 7) is 1.90. The molecule has 0 aliphatic heterocycles. The molecule has 0 aromatic heterocycles. The van der Waals surface area contributed by atoms with Gasteiger partial charge in [0.05, 0.1) is 5.03 Å². The quantitative estimate of drug-likeness (QED) is 0.493. The van der Waals surface area contributed by atoms with Crippen molar-refractivity contribution in [3.05, 3.63) is 22.8 Å². The smallest absolute Gasteiger partial charge is 0.139 e. The molecule has 0 nitrogen and oxygen atoms in total. The second kappa shape index (κ2) is 2.53. The normalized spacial score (nSPS) is 27.2. The van der Waals surface area contributed by atoms with Crippen LogP contribution in [0.3, 0.4) is 0 Å². The number of allylic oxidation sites excluding steroid dienone is 4. The molecule has 0 heterocycles. The van der Waals surface area contributed by atoms with E-state index in [0.717, 1.165) is 5.57 Å². The average Bonchev–Trinajstić information content (AvgIpc) is 1.80. The van der Waals surface area contributed by atoms with Crippen molar-refractivity contribution >= 4 is 11.6 Å². The molecule has 0 fully saturated rings. The summed E-state index contributed by atoms with van der Waals surface area (Å²) in [5.74, 6) is 0. The molecule has 1 unspecified atom stereocenters. The highest BCUT2D eigenvalue weighted by atomic mass is 35.5. The summed E-state index contributed by atoms with van der Waals surface area (Å²) >= 11 is 5.47. The predicted molar refractivity (Wildman–Crippen MR) is 37.2 cm³/mol. The monoisotopic (exact) mass is 146 g/mol. The van der Waals surface area contributed by atoms with Gasteiger partial charge in [-0.05, 0) is 13.0 Å². The van der Waals surface area contributed by atoms with Crippen molar-refractivity contribution in [1.82, 2.24) is 0 Å². The van der Waals surface area contributed by atoms with E-state index in [4.69, 9.17) is 11.6 Å². The van der Waals surface area contributed by atoms with Crippen LogP contribution in [0.4, 0.5) is 4.39 Å². The summed E-state index contributed by atoms with van der Waals surface area (Å²) < 4.78 is 12.6. The van der Waals surface area contributed by atoms with Crippen molar-refractivity contribution in [2.24, 2.45) is 0 Å². The van der Waals surface area contributed by atoms with Crippen molar-refractivity contribution in [3.63, 3.8) is 0 Å². The number of hydrogen-bond donors (Lipinski definition) is 0. The molecule has 1 atom stereocenters. The summed E-state index contributed by atoms with van der Waals surface area (Å²) in [6, 6.07) is 0. The van der Waals surface area contributed by atoms with Crippen molar-refractivity contribution in [3.8, 4) is 0 Å². The van der Waals surface area contributed by atoms with E-state index in [-0.39, 0.29) is 0 Å². The fourth-order valence-corrected chi connectivity index (χ4v) is 0.915. The summed E-state index contributed by atoms with van der Waals surface area (Å²) in [5, 5.41) is 0.320. The average molecular weight is 147 g/mol.